The highest BCUT2D eigenvalue weighted by Crippen LogP contribution is 2.27. The van der Waals surface area contributed by atoms with Crippen LogP contribution in [0.1, 0.15) is 16.3 Å². The number of fused-ring (bicyclic) bond motifs is 1. The lowest BCUT2D eigenvalue weighted by Gasteiger charge is -2.04. The first-order valence-corrected chi connectivity index (χ1v) is 7.13. The number of aromatic nitrogens is 2. The van der Waals surface area contributed by atoms with Crippen molar-refractivity contribution in [2.24, 2.45) is 0 Å². The molecule has 102 valence electrons. The Hall–Kier alpha value is -2.14. The summed E-state index contributed by atoms with van der Waals surface area (Å²) < 4.78 is 5.15. The Kier molecular flexibility index (Phi) is 3.28. The molecule has 0 spiro atoms. The molecule has 3 aromatic rings. The van der Waals surface area contributed by atoms with E-state index in [0.29, 0.717) is 12.2 Å². The Morgan fingerprint density at radius 3 is 2.65 bits per heavy atom. The number of anilines is 1. The smallest absolute Gasteiger partial charge is 0.136 e. The molecular formula is C15H15N3OS. The van der Waals surface area contributed by atoms with Crippen molar-refractivity contribution in [2.45, 2.75) is 13.3 Å². The molecule has 1 aromatic carbocycles. The third-order valence-electron chi connectivity index (χ3n) is 3.11. The zero-order valence-corrected chi connectivity index (χ0v) is 12.2. The molecule has 2 N–H and O–H groups in total. The van der Waals surface area contributed by atoms with Crippen molar-refractivity contribution in [3.63, 3.8) is 0 Å². The van der Waals surface area contributed by atoms with Crippen molar-refractivity contribution in [3.05, 3.63) is 46.6 Å². The molecule has 5 heteroatoms. The average Bonchev–Trinajstić information content (AvgIpc) is 2.81. The highest BCUT2D eigenvalue weighted by molar-refractivity contribution is 7.18. The molecule has 0 aliphatic heterocycles. The van der Waals surface area contributed by atoms with Crippen molar-refractivity contribution in [2.75, 3.05) is 12.8 Å². The van der Waals surface area contributed by atoms with Crippen LogP contribution in [0.5, 0.6) is 5.75 Å². The summed E-state index contributed by atoms with van der Waals surface area (Å²) in [6, 6.07) is 9.94. The highest BCUT2D eigenvalue weighted by atomic mass is 32.1. The normalized spacial score (nSPS) is 10.9. The number of nitrogen functional groups attached to an aromatic ring is 1. The second kappa shape index (κ2) is 5.09. The lowest BCUT2D eigenvalue weighted by molar-refractivity contribution is 0.414. The molecule has 20 heavy (non-hydrogen) atoms. The van der Waals surface area contributed by atoms with Gasteiger partial charge in [0, 0.05) is 11.3 Å². The van der Waals surface area contributed by atoms with Crippen LogP contribution in [0, 0.1) is 6.92 Å². The van der Waals surface area contributed by atoms with Crippen LogP contribution >= 0.6 is 11.3 Å². The molecule has 0 radical (unpaired) electrons. The van der Waals surface area contributed by atoms with E-state index in [1.54, 1.807) is 18.4 Å². The van der Waals surface area contributed by atoms with Gasteiger partial charge in [0.05, 0.1) is 12.5 Å². The lowest BCUT2D eigenvalue weighted by Crippen LogP contribution is -2.00. The van der Waals surface area contributed by atoms with Crippen LogP contribution in [0.25, 0.3) is 10.2 Å². The summed E-state index contributed by atoms with van der Waals surface area (Å²) in [5.74, 6) is 2.16. The van der Waals surface area contributed by atoms with E-state index in [1.807, 2.05) is 30.3 Å². The van der Waals surface area contributed by atoms with Crippen LogP contribution in [-0.4, -0.2) is 17.1 Å². The van der Waals surface area contributed by atoms with Crippen LogP contribution in [0.15, 0.2) is 30.3 Å². The summed E-state index contributed by atoms with van der Waals surface area (Å²) in [5, 5.41) is 0.950. The Morgan fingerprint density at radius 2 is 1.95 bits per heavy atom. The van der Waals surface area contributed by atoms with Crippen molar-refractivity contribution < 1.29 is 4.74 Å². The van der Waals surface area contributed by atoms with Crippen molar-refractivity contribution in [3.8, 4) is 5.75 Å². The summed E-state index contributed by atoms with van der Waals surface area (Å²) in [4.78, 5) is 11.1. The molecule has 0 fully saturated rings. The zero-order valence-electron chi connectivity index (χ0n) is 11.4. The van der Waals surface area contributed by atoms with E-state index in [4.69, 9.17) is 10.5 Å². The molecule has 0 atom stereocenters. The summed E-state index contributed by atoms with van der Waals surface area (Å²) >= 11 is 1.65. The van der Waals surface area contributed by atoms with Gasteiger partial charge in [0.25, 0.3) is 0 Å². The maximum absolute atomic E-state index is 6.01. The first-order valence-electron chi connectivity index (χ1n) is 6.31. The Labute approximate surface area is 121 Å². The third kappa shape index (κ3) is 2.44. The Balaban J connectivity index is 1.93. The summed E-state index contributed by atoms with van der Waals surface area (Å²) in [6.45, 7) is 2.05. The molecule has 0 aliphatic rings. The fourth-order valence-corrected chi connectivity index (χ4v) is 3.02. The number of hydrogen-bond acceptors (Lipinski definition) is 5. The van der Waals surface area contributed by atoms with Crippen LogP contribution in [0.2, 0.25) is 0 Å². The van der Waals surface area contributed by atoms with Gasteiger partial charge in [-0.3, -0.25) is 0 Å². The molecule has 0 unspecified atom stereocenters. The fraction of sp³-hybridized carbons (Fsp3) is 0.200. The number of nitrogens with two attached hydrogens (primary N) is 1. The molecule has 0 aliphatic carbocycles. The van der Waals surface area contributed by atoms with Gasteiger partial charge in [0.1, 0.15) is 22.2 Å². The Bertz CT molecular complexity index is 750. The molecule has 3 rings (SSSR count). The van der Waals surface area contributed by atoms with E-state index < -0.39 is 0 Å². The molecule has 0 amide bonds. The molecule has 0 bridgehead atoms. The molecule has 2 aromatic heterocycles. The van der Waals surface area contributed by atoms with Gasteiger partial charge < -0.3 is 10.5 Å². The maximum atomic E-state index is 6.01. The van der Waals surface area contributed by atoms with E-state index >= 15 is 0 Å². The largest absolute Gasteiger partial charge is 0.497 e. The summed E-state index contributed by atoms with van der Waals surface area (Å²) in [5.41, 5.74) is 7.14. The van der Waals surface area contributed by atoms with Gasteiger partial charge in [0.2, 0.25) is 0 Å². The molecule has 0 saturated carbocycles. The van der Waals surface area contributed by atoms with E-state index in [2.05, 4.69) is 16.9 Å². The SMILES string of the molecule is COc1ccc(Cc2nc(N)c3cc(C)sc3n2)cc1. The topological polar surface area (TPSA) is 61.0 Å². The maximum Gasteiger partial charge on any atom is 0.136 e. The number of nitrogens with zero attached hydrogens (tertiary/aromatic N) is 2. The minimum atomic E-state index is 0.558. The van der Waals surface area contributed by atoms with E-state index in [9.17, 15) is 0 Å². The third-order valence-corrected chi connectivity index (χ3v) is 4.06. The number of methoxy groups -OCH3 is 1. The number of ether oxygens (including phenoxy) is 1. The van der Waals surface area contributed by atoms with Crippen LogP contribution in [0.4, 0.5) is 5.82 Å². The molecular weight excluding hydrogens is 270 g/mol. The minimum absolute atomic E-state index is 0.558. The first-order chi connectivity index (χ1) is 9.65. The van der Waals surface area contributed by atoms with Gasteiger partial charge in [-0.25, -0.2) is 9.97 Å². The second-order valence-electron chi connectivity index (χ2n) is 4.63. The van der Waals surface area contributed by atoms with Crippen LogP contribution in [-0.2, 0) is 6.42 Å². The molecule has 2 heterocycles. The number of benzene rings is 1. The summed E-state index contributed by atoms with van der Waals surface area (Å²) in [6.07, 6.45) is 0.668. The number of thiophene rings is 1. The van der Waals surface area contributed by atoms with E-state index in [-0.39, 0.29) is 0 Å². The van der Waals surface area contributed by atoms with Crippen LogP contribution < -0.4 is 10.5 Å². The monoisotopic (exact) mass is 285 g/mol. The van der Waals surface area contributed by atoms with Gasteiger partial charge in [-0.05, 0) is 30.7 Å². The second-order valence-corrected chi connectivity index (χ2v) is 5.86. The van der Waals surface area contributed by atoms with Gasteiger partial charge in [-0.1, -0.05) is 12.1 Å². The molecule has 0 saturated heterocycles. The molecule has 4 nitrogen and oxygen atoms in total. The fourth-order valence-electron chi connectivity index (χ4n) is 2.11. The standard InChI is InChI=1S/C15H15N3OS/c1-9-7-12-14(16)17-13(18-15(12)20-9)8-10-3-5-11(19-2)6-4-10/h3-7H,8H2,1-2H3,(H2,16,17,18). The van der Waals surface area contributed by atoms with Crippen molar-refractivity contribution in [1.29, 1.82) is 0 Å². The van der Waals surface area contributed by atoms with Gasteiger partial charge in [-0.15, -0.1) is 11.3 Å². The highest BCUT2D eigenvalue weighted by Gasteiger charge is 2.08. The number of aryl methyl sites for hydroxylation is 1. The van der Waals surface area contributed by atoms with Crippen LogP contribution in [0.3, 0.4) is 0 Å². The van der Waals surface area contributed by atoms with Gasteiger partial charge in [0.15, 0.2) is 0 Å². The van der Waals surface area contributed by atoms with Crippen molar-refractivity contribution in [1.82, 2.24) is 9.97 Å². The lowest BCUT2D eigenvalue weighted by atomic mass is 10.1. The number of hydrogen-bond donors (Lipinski definition) is 1. The van der Waals surface area contributed by atoms with Gasteiger partial charge in [-0.2, -0.15) is 0 Å². The van der Waals surface area contributed by atoms with E-state index in [1.165, 1.54) is 4.88 Å². The summed E-state index contributed by atoms with van der Waals surface area (Å²) in [7, 11) is 1.66. The Morgan fingerprint density at radius 1 is 1.20 bits per heavy atom. The predicted octanol–water partition coefficient (Wildman–Crippen LogP) is 3.18. The first kappa shape index (κ1) is 12.9. The van der Waals surface area contributed by atoms with E-state index in [0.717, 1.165) is 27.4 Å². The number of rotatable bonds is 3. The quantitative estimate of drug-likeness (QED) is 0.803. The minimum Gasteiger partial charge on any atom is -0.497 e. The van der Waals surface area contributed by atoms with Crippen molar-refractivity contribution >= 4 is 27.4 Å². The predicted molar refractivity (Wildman–Crippen MR) is 82.4 cm³/mol. The zero-order chi connectivity index (χ0) is 14.1. The van der Waals surface area contributed by atoms with Gasteiger partial charge >= 0.3 is 0 Å². The average molecular weight is 285 g/mol.